The van der Waals surface area contributed by atoms with E-state index < -0.39 is 52.5 Å². The van der Waals surface area contributed by atoms with Gasteiger partial charge in [-0.05, 0) is 18.2 Å². The van der Waals surface area contributed by atoms with E-state index in [2.05, 4.69) is 25.7 Å². The van der Waals surface area contributed by atoms with Gasteiger partial charge in [-0.3, -0.25) is 9.78 Å². The summed E-state index contributed by atoms with van der Waals surface area (Å²) in [6.45, 7) is -3.56. The topological polar surface area (TPSA) is 150 Å². The number of aromatic nitrogens is 1. The van der Waals surface area contributed by atoms with E-state index in [9.17, 15) is 26.8 Å². The molecular weight excluding hydrogens is 448 g/mol. The number of carbonyl (C=O) groups is 2. The van der Waals surface area contributed by atoms with Crippen molar-refractivity contribution in [1.82, 2.24) is 15.6 Å². The van der Waals surface area contributed by atoms with Crippen LogP contribution >= 0.6 is 0 Å². The van der Waals surface area contributed by atoms with Crippen molar-refractivity contribution < 1.29 is 31.5 Å². The molecule has 0 saturated heterocycles. The molecule has 13 heteroatoms. The van der Waals surface area contributed by atoms with Gasteiger partial charge >= 0.3 is 12.6 Å². The van der Waals surface area contributed by atoms with Gasteiger partial charge in [0.15, 0.2) is 9.84 Å². The number of hydrogen-bond acceptors (Lipinski definition) is 7. The summed E-state index contributed by atoms with van der Waals surface area (Å²) in [7, 11) is -4.10. The highest BCUT2D eigenvalue weighted by Crippen LogP contribution is 2.23. The van der Waals surface area contributed by atoms with Gasteiger partial charge in [-0.2, -0.15) is 14.0 Å². The molecular formula is C19H19F2N5O5S. The third-order valence-electron chi connectivity index (χ3n) is 3.89. The van der Waals surface area contributed by atoms with E-state index in [1.165, 1.54) is 48.8 Å². The lowest BCUT2D eigenvalue weighted by atomic mass is 10.2. The van der Waals surface area contributed by atoms with Crippen molar-refractivity contribution in [3.05, 3.63) is 54.4 Å². The lowest BCUT2D eigenvalue weighted by molar-refractivity contribution is -0.122. The van der Waals surface area contributed by atoms with Gasteiger partial charge in [0.1, 0.15) is 18.3 Å². The van der Waals surface area contributed by atoms with Crippen LogP contribution in [0.15, 0.2) is 48.8 Å². The van der Waals surface area contributed by atoms with Crippen LogP contribution in [0.1, 0.15) is 5.56 Å². The number of ether oxygens (including phenoxy) is 1. The van der Waals surface area contributed by atoms with E-state index in [1.807, 2.05) is 0 Å². The average molecular weight is 467 g/mol. The molecule has 32 heavy (non-hydrogen) atoms. The Balaban J connectivity index is 2.16. The largest absolute Gasteiger partial charge is 0.435 e. The van der Waals surface area contributed by atoms with Crippen molar-refractivity contribution in [3.63, 3.8) is 0 Å². The Labute approximate surface area is 182 Å². The normalized spacial score (nSPS) is 11.8. The molecule has 1 unspecified atom stereocenters. The molecule has 0 saturated carbocycles. The van der Waals surface area contributed by atoms with Gasteiger partial charge in [0, 0.05) is 23.6 Å². The van der Waals surface area contributed by atoms with Crippen molar-refractivity contribution in [3.8, 4) is 11.8 Å². The zero-order valence-electron chi connectivity index (χ0n) is 16.5. The SMILES string of the molecule is N#CCNC(=O)C(CS(=O)(=O)Cc1ccccc1OC(F)F)NC(=O)Nc1ccncc1. The first-order valence-electron chi connectivity index (χ1n) is 9.05. The summed E-state index contributed by atoms with van der Waals surface area (Å²) in [4.78, 5) is 28.4. The fourth-order valence-corrected chi connectivity index (χ4v) is 4.15. The van der Waals surface area contributed by atoms with Crippen molar-refractivity contribution >= 4 is 27.5 Å². The zero-order valence-corrected chi connectivity index (χ0v) is 17.3. The van der Waals surface area contributed by atoms with Gasteiger partial charge in [0.2, 0.25) is 5.91 Å². The van der Waals surface area contributed by atoms with E-state index in [-0.39, 0.29) is 11.3 Å². The van der Waals surface area contributed by atoms with Crippen LogP contribution in [0, 0.1) is 11.3 Å². The smallest absolute Gasteiger partial charge is 0.387 e. The molecule has 1 aromatic carbocycles. The standard InChI is InChI=1S/C19H19F2N5O5S/c20-18(21)31-16-4-2-1-3-13(16)11-32(29,30)12-15(17(27)24-10-7-22)26-19(28)25-14-5-8-23-9-6-14/h1-6,8-9,15,18H,10-12H2,(H,24,27)(H2,23,25,26,28). The number of pyridine rings is 1. The number of nitriles is 1. The maximum absolute atomic E-state index is 12.7. The number of hydrogen-bond donors (Lipinski definition) is 3. The highest BCUT2D eigenvalue weighted by Gasteiger charge is 2.28. The molecule has 1 atom stereocenters. The Morgan fingerprint density at radius 2 is 1.84 bits per heavy atom. The minimum Gasteiger partial charge on any atom is -0.435 e. The first kappa shape index (κ1) is 24.5. The molecule has 0 bridgehead atoms. The molecule has 1 heterocycles. The average Bonchev–Trinajstić information content (AvgIpc) is 2.73. The summed E-state index contributed by atoms with van der Waals surface area (Å²) >= 11 is 0. The fourth-order valence-electron chi connectivity index (χ4n) is 2.58. The number of anilines is 1. The van der Waals surface area contributed by atoms with Gasteiger partial charge in [0.25, 0.3) is 0 Å². The molecule has 0 aliphatic rings. The summed E-state index contributed by atoms with van der Waals surface area (Å²) in [5, 5.41) is 15.5. The maximum Gasteiger partial charge on any atom is 0.387 e. The maximum atomic E-state index is 12.7. The molecule has 0 aliphatic carbocycles. The molecule has 0 radical (unpaired) electrons. The second kappa shape index (κ2) is 11.6. The Morgan fingerprint density at radius 1 is 1.16 bits per heavy atom. The summed E-state index contributed by atoms with van der Waals surface area (Å²) < 4.78 is 54.9. The van der Waals surface area contributed by atoms with Crippen LogP contribution in [0.2, 0.25) is 0 Å². The van der Waals surface area contributed by atoms with Gasteiger partial charge in [-0.25, -0.2) is 13.2 Å². The number of alkyl halides is 2. The molecule has 0 aliphatic heterocycles. The number of para-hydroxylation sites is 1. The molecule has 3 N–H and O–H groups in total. The molecule has 2 aromatic rings. The minimum absolute atomic E-state index is 0.0368. The molecule has 1 aromatic heterocycles. The summed E-state index contributed by atoms with van der Waals surface area (Å²) in [6, 6.07) is 7.52. The molecule has 0 fully saturated rings. The van der Waals surface area contributed by atoms with Crippen LogP contribution < -0.4 is 20.7 Å². The van der Waals surface area contributed by atoms with Crippen LogP contribution in [-0.4, -0.2) is 50.3 Å². The van der Waals surface area contributed by atoms with Gasteiger partial charge in [0.05, 0.1) is 17.6 Å². The number of carbonyl (C=O) groups excluding carboxylic acids is 2. The lowest BCUT2D eigenvalue weighted by Crippen LogP contribution is -2.51. The highest BCUT2D eigenvalue weighted by atomic mass is 32.2. The van der Waals surface area contributed by atoms with Crippen molar-refractivity contribution in [2.75, 3.05) is 17.6 Å². The van der Waals surface area contributed by atoms with Crippen molar-refractivity contribution in [2.45, 2.75) is 18.4 Å². The second-order valence-corrected chi connectivity index (χ2v) is 8.41. The molecule has 2 rings (SSSR count). The summed E-state index contributed by atoms with van der Waals surface area (Å²) in [6.07, 6.45) is 2.83. The fraction of sp³-hybridized carbons (Fsp3) is 0.263. The Morgan fingerprint density at radius 3 is 2.50 bits per heavy atom. The third kappa shape index (κ3) is 8.15. The lowest BCUT2D eigenvalue weighted by Gasteiger charge is -2.19. The Bertz CT molecular complexity index is 1080. The van der Waals surface area contributed by atoms with Crippen LogP contribution in [0.5, 0.6) is 5.75 Å². The summed E-state index contributed by atoms with van der Waals surface area (Å²) in [5.41, 5.74) is 0.305. The predicted molar refractivity (Wildman–Crippen MR) is 109 cm³/mol. The number of benzene rings is 1. The number of sulfone groups is 1. The molecule has 170 valence electrons. The number of halogens is 2. The van der Waals surface area contributed by atoms with E-state index in [1.54, 1.807) is 6.07 Å². The van der Waals surface area contributed by atoms with Gasteiger partial charge in [-0.15, -0.1) is 0 Å². The third-order valence-corrected chi connectivity index (χ3v) is 5.48. The van der Waals surface area contributed by atoms with Crippen molar-refractivity contribution in [2.24, 2.45) is 0 Å². The first-order valence-corrected chi connectivity index (χ1v) is 10.9. The minimum atomic E-state index is -4.10. The van der Waals surface area contributed by atoms with Crippen LogP contribution in [0.4, 0.5) is 19.3 Å². The van der Waals surface area contributed by atoms with Gasteiger partial charge in [-0.1, -0.05) is 18.2 Å². The van der Waals surface area contributed by atoms with E-state index in [4.69, 9.17) is 5.26 Å². The number of amides is 3. The van der Waals surface area contributed by atoms with E-state index >= 15 is 0 Å². The number of nitrogens with one attached hydrogen (secondary N) is 3. The molecule has 0 spiro atoms. The monoisotopic (exact) mass is 467 g/mol. The predicted octanol–water partition coefficient (Wildman–Crippen LogP) is 1.43. The summed E-state index contributed by atoms with van der Waals surface area (Å²) in [5.74, 6) is -2.79. The van der Waals surface area contributed by atoms with E-state index in [0.717, 1.165) is 0 Å². The van der Waals surface area contributed by atoms with Crippen LogP contribution in [0.25, 0.3) is 0 Å². The quantitative estimate of drug-likeness (QED) is 0.447. The number of rotatable bonds is 10. The Hall–Kier alpha value is -3.79. The van der Waals surface area contributed by atoms with E-state index in [0.29, 0.717) is 5.69 Å². The molecule has 3 amide bonds. The zero-order chi connectivity index (χ0) is 23.6. The number of urea groups is 1. The number of nitrogens with zero attached hydrogens (tertiary/aromatic N) is 2. The first-order chi connectivity index (χ1) is 15.2. The second-order valence-electron chi connectivity index (χ2n) is 6.30. The van der Waals surface area contributed by atoms with Crippen LogP contribution in [0.3, 0.4) is 0 Å². The van der Waals surface area contributed by atoms with Crippen molar-refractivity contribution in [1.29, 1.82) is 5.26 Å². The molecule has 10 nitrogen and oxygen atoms in total. The highest BCUT2D eigenvalue weighted by molar-refractivity contribution is 7.90. The Kier molecular flexibility index (Phi) is 8.84. The van der Waals surface area contributed by atoms with Crippen LogP contribution in [-0.2, 0) is 20.4 Å². The van der Waals surface area contributed by atoms with Gasteiger partial charge < -0.3 is 20.7 Å².